The van der Waals surface area contributed by atoms with Crippen molar-refractivity contribution in [2.45, 2.75) is 124 Å². The van der Waals surface area contributed by atoms with Crippen LogP contribution in [0.5, 0.6) is 28.7 Å². The summed E-state index contributed by atoms with van der Waals surface area (Å²) in [5, 5.41) is 32.5. The van der Waals surface area contributed by atoms with Crippen molar-refractivity contribution < 1.29 is 43.9 Å². The first-order valence-electron chi connectivity index (χ1n) is 19.9. The van der Waals surface area contributed by atoms with Gasteiger partial charge in [0.2, 0.25) is 0 Å². The van der Waals surface area contributed by atoms with E-state index in [0.29, 0.717) is 17.7 Å². The molecule has 2 atom stereocenters. The van der Waals surface area contributed by atoms with Crippen LogP contribution in [0.2, 0.25) is 0 Å². The number of carbonyl (C=O) groups is 2. The second-order valence-corrected chi connectivity index (χ2v) is 14.1. The molecule has 0 aliphatic heterocycles. The van der Waals surface area contributed by atoms with Gasteiger partial charge in [-0.3, -0.25) is 0 Å². The van der Waals surface area contributed by atoms with E-state index >= 15 is 0 Å². The Morgan fingerprint density at radius 2 is 1.04 bits per heavy atom. The molecule has 0 saturated heterocycles. The SMILES string of the molecule is CCCCCCCCOC(=O)C(C)Oc1ccc(-c2nc(-c3ccc(C)cc3O)nc(-c3ccc(O)cc3OC(C)C(=O)OCCCCCCCC)n2)c(O)c1. The van der Waals surface area contributed by atoms with Crippen LogP contribution in [0.1, 0.15) is 110 Å². The van der Waals surface area contributed by atoms with Gasteiger partial charge in [-0.2, -0.15) is 0 Å². The van der Waals surface area contributed by atoms with E-state index in [2.05, 4.69) is 28.8 Å². The van der Waals surface area contributed by atoms with E-state index in [4.69, 9.17) is 18.9 Å². The maximum atomic E-state index is 12.9. The van der Waals surface area contributed by atoms with Gasteiger partial charge in [0.1, 0.15) is 28.7 Å². The topological polar surface area (TPSA) is 170 Å². The molecule has 3 N–H and O–H groups in total. The third-order valence-corrected chi connectivity index (χ3v) is 9.21. The van der Waals surface area contributed by atoms with Gasteiger partial charge in [-0.05, 0) is 75.6 Å². The van der Waals surface area contributed by atoms with E-state index in [9.17, 15) is 24.9 Å². The Morgan fingerprint density at radius 3 is 1.57 bits per heavy atom. The second-order valence-electron chi connectivity index (χ2n) is 14.1. The van der Waals surface area contributed by atoms with Crippen LogP contribution >= 0.6 is 0 Å². The van der Waals surface area contributed by atoms with Gasteiger partial charge in [0.05, 0.1) is 29.9 Å². The Hall–Kier alpha value is -5.39. The summed E-state index contributed by atoms with van der Waals surface area (Å²) < 4.78 is 22.7. The van der Waals surface area contributed by atoms with Gasteiger partial charge in [-0.15, -0.1) is 0 Å². The van der Waals surface area contributed by atoms with Crippen molar-refractivity contribution in [3.8, 4) is 62.9 Å². The van der Waals surface area contributed by atoms with E-state index < -0.39 is 24.1 Å². The zero-order valence-corrected chi connectivity index (χ0v) is 33.4. The predicted octanol–water partition coefficient (Wildman–Crippen LogP) is 9.64. The van der Waals surface area contributed by atoms with Crippen molar-refractivity contribution in [1.82, 2.24) is 15.0 Å². The normalized spacial score (nSPS) is 12.2. The first-order chi connectivity index (χ1) is 27.0. The van der Waals surface area contributed by atoms with Gasteiger partial charge >= 0.3 is 11.9 Å². The number of ether oxygens (including phenoxy) is 4. The van der Waals surface area contributed by atoms with E-state index in [0.717, 1.165) is 56.9 Å². The molecule has 0 bridgehead atoms. The quantitative estimate of drug-likeness (QED) is 0.0483. The van der Waals surface area contributed by atoms with Crippen LogP contribution in [-0.2, 0) is 19.1 Å². The number of hydrogen-bond donors (Lipinski definition) is 3. The molecular formula is C44H57N3O9. The van der Waals surface area contributed by atoms with Crippen LogP contribution in [0.25, 0.3) is 34.2 Å². The maximum absolute atomic E-state index is 12.9. The van der Waals surface area contributed by atoms with E-state index in [1.807, 2.05) is 6.92 Å². The summed E-state index contributed by atoms with van der Waals surface area (Å²) in [6.45, 7) is 9.91. The molecule has 0 radical (unpaired) electrons. The zero-order chi connectivity index (χ0) is 40.5. The van der Waals surface area contributed by atoms with E-state index in [-0.39, 0.29) is 58.4 Å². The number of aromatic hydroxyl groups is 3. The smallest absolute Gasteiger partial charge is 0.347 e. The number of aromatic nitrogens is 3. The first kappa shape index (κ1) is 43.3. The minimum atomic E-state index is -1.02. The molecular weight excluding hydrogens is 714 g/mol. The fraction of sp³-hybridized carbons (Fsp3) is 0.477. The van der Waals surface area contributed by atoms with Crippen molar-refractivity contribution in [3.05, 3.63) is 60.2 Å². The summed E-state index contributed by atoms with van der Waals surface area (Å²) in [6, 6.07) is 13.9. The molecule has 1 aromatic heterocycles. The first-order valence-corrected chi connectivity index (χ1v) is 19.9. The van der Waals surface area contributed by atoms with Crippen LogP contribution in [0.4, 0.5) is 0 Å². The van der Waals surface area contributed by atoms with Gasteiger partial charge in [0.25, 0.3) is 0 Å². The summed E-state index contributed by atoms with van der Waals surface area (Å²) in [7, 11) is 0. The molecule has 4 aromatic rings. The molecule has 12 heteroatoms. The summed E-state index contributed by atoms with van der Waals surface area (Å²) in [6.07, 6.45) is 10.8. The molecule has 3 aromatic carbocycles. The summed E-state index contributed by atoms with van der Waals surface area (Å²) in [5.41, 5.74) is 1.64. The highest BCUT2D eigenvalue weighted by molar-refractivity contribution is 5.77. The largest absolute Gasteiger partial charge is 0.508 e. The van der Waals surface area contributed by atoms with E-state index in [1.54, 1.807) is 50.2 Å². The molecule has 0 amide bonds. The lowest BCUT2D eigenvalue weighted by atomic mass is 10.1. The highest BCUT2D eigenvalue weighted by atomic mass is 16.6. The Labute approximate surface area is 330 Å². The summed E-state index contributed by atoms with van der Waals surface area (Å²) >= 11 is 0. The highest BCUT2D eigenvalue weighted by Crippen LogP contribution is 2.38. The van der Waals surface area contributed by atoms with Crippen LogP contribution in [0, 0.1) is 6.92 Å². The number of aryl methyl sites for hydroxylation is 1. The fourth-order valence-corrected chi connectivity index (χ4v) is 5.97. The molecule has 0 spiro atoms. The highest BCUT2D eigenvalue weighted by Gasteiger charge is 2.23. The van der Waals surface area contributed by atoms with Crippen LogP contribution in [0.15, 0.2) is 54.6 Å². The standard InChI is InChI=1S/C44H57N3O9/c1-6-8-10-12-14-16-24-53-43(51)30(4)55-33-20-23-35(38(50)28-33)41-45-40(34-21-18-29(3)26-37(34)49)46-42(47-41)36-22-19-32(48)27-39(36)56-31(5)44(52)54-25-17-15-13-11-9-7-2/h18-23,26-28,30-31,48-50H,6-17,24-25H2,1-5H3. The second kappa shape index (κ2) is 22.2. The molecule has 1 heterocycles. The maximum Gasteiger partial charge on any atom is 0.347 e. The number of hydrogen-bond acceptors (Lipinski definition) is 12. The minimum absolute atomic E-state index is 0.0471. The predicted molar refractivity (Wildman–Crippen MR) is 215 cm³/mol. The van der Waals surface area contributed by atoms with Gasteiger partial charge in [-0.1, -0.05) is 84.1 Å². The third kappa shape index (κ3) is 13.1. The van der Waals surface area contributed by atoms with Crippen LogP contribution in [-0.4, -0.2) is 67.6 Å². The number of unbranched alkanes of at least 4 members (excludes halogenated alkanes) is 10. The lowest BCUT2D eigenvalue weighted by Gasteiger charge is -2.17. The lowest BCUT2D eigenvalue weighted by Crippen LogP contribution is -2.26. The molecule has 0 fully saturated rings. The molecule has 4 rings (SSSR count). The average Bonchev–Trinajstić information content (AvgIpc) is 3.17. The Bertz CT molecular complexity index is 1880. The minimum Gasteiger partial charge on any atom is -0.508 e. The van der Waals surface area contributed by atoms with Crippen molar-refractivity contribution in [3.63, 3.8) is 0 Å². The monoisotopic (exact) mass is 771 g/mol. The van der Waals surface area contributed by atoms with Crippen LogP contribution in [0.3, 0.4) is 0 Å². The van der Waals surface area contributed by atoms with Crippen molar-refractivity contribution in [1.29, 1.82) is 0 Å². The number of carbonyl (C=O) groups excluding carboxylic acids is 2. The molecule has 0 saturated carbocycles. The Morgan fingerprint density at radius 1 is 0.571 bits per heavy atom. The zero-order valence-electron chi connectivity index (χ0n) is 33.4. The van der Waals surface area contributed by atoms with Crippen molar-refractivity contribution in [2.75, 3.05) is 13.2 Å². The van der Waals surface area contributed by atoms with E-state index in [1.165, 1.54) is 43.9 Å². The lowest BCUT2D eigenvalue weighted by molar-refractivity contribution is -0.152. The molecule has 302 valence electrons. The average molecular weight is 772 g/mol. The summed E-state index contributed by atoms with van der Waals surface area (Å²) in [4.78, 5) is 39.4. The van der Waals surface area contributed by atoms with Crippen LogP contribution < -0.4 is 9.47 Å². The molecule has 0 aliphatic rings. The van der Waals surface area contributed by atoms with Crippen molar-refractivity contribution in [2.24, 2.45) is 0 Å². The number of esters is 2. The number of nitrogens with zero attached hydrogens (tertiary/aromatic N) is 3. The number of phenolic OH excluding ortho intramolecular Hbond substituents is 3. The molecule has 56 heavy (non-hydrogen) atoms. The Balaban J connectivity index is 1.57. The molecule has 2 unspecified atom stereocenters. The van der Waals surface area contributed by atoms with Gasteiger partial charge in [0.15, 0.2) is 29.7 Å². The number of phenols is 3. The van der Waals surface area contributed by atoms with Gasteiger partial charge < -0.3 is 34.3 Å². The molecule has 0 aliphatic carbocycles. The van der Waals surface area contributed by atoms with Gasteiger partial charge in [0, 0.05) is 12.1 Å². The molecule has 12 nitrogen and oxygen atoms in total. The number of benzene rings is 3. The fourth-order valence-electron chi connectivity index (χ4n) is 5.97. The van der Waals surface area contributed by atoms with Crippen molar-refractivity contribution >= 4 is 11.9 Å². The van der Waals surface area contributed by atoms with Gasteiger partial charge in [-0.25, -0.2) is 24.5 Å². The summed E-state index contributed by atoms with van der Waals surface area (Å²) in [5.74, 6) is -0.924. The third-order valence-electron chi connectivity index (χ3n) is 9.21. The number of rotatable bonds is 23. The Kier molecular flexibility index (Phi) is 17.2.